The molecule has 0 saturated carbocycles. The van der Waals surface area contributed by atoms with Crippen molar-refractivity contribution < 1.29 is 19.8 Å². The second-order valence-corrected chi connectivity index (χ2v) is 4.28. The van der Waals surface area contributed by atoms with E-state index in [9.17, 15) is 9.59 Å². The van der Waals surface area contributed by atoms with Gasteiger partial charge in [0.15, 0.2) is 6.10 Å². The van der Waals surface area contributed by atoms with E-state index in [1.807, 2.05) is 12.1 Å². The van der Waals surface area contributed by atoms with E-state index in [1.165, 1.54) is 0 Å². The maximum atomic E-state index is 12.0. The Morgan fingerprint density at radius 3 is 2.75 bits per heavy atom. The van der Waals surface area contributed by atoms with Gasteiger partial charge in [0, 0.05) is 24.5 Å². The van der Waals surface area contributed by atoms with Gasteiger partial charge in [-0.05, 0) is 12.1 Å². The second kappa shape index (κ2) is 6.12. The monoisotopic (exact) mass is 274 g/mol. The average Bonchev–Trinajstić information content (AvgIpc) is 2.46. The number of pyridine rings is 1. The first kappa shape index (κ1) is 14.0. The Balaban J connectivity index is 2.06. The van der Waals surface area contributed by atoms with E-state index in [2.05, 4.69) is 10.3 Å². The first-order valence-corrected chi connectivity index (χ1v) is 6.12. The minimum Gasteiger partial charge on any atom is -0.479 e. The summed E-state index contributed by atoms with van der Waals surface area (Å²) in [6.45, 7) is 0.0789. The van der Waals surface area contributed by atoms with Crippen LogP contribution in [0.25, 0.3) is 10.9 Å². The molecule has 0 bridgehead atoms. The molecule has 1 amide bonds. The number of rotatable bonds is 5. The summed E-state index contributed by atoms with van der Waals surface area (Å²) >= 11 is 0. The summed E-state index contributed by atoms with van der Waals surface area (Å²) in [6, 6.07) is 8.90. The number of benzene rings is 1. The molecule has 20 heavy (non-hydrogen) atoms. The molecule has 2 rings (SSSR count). The van der Waals surface area contributed by atoms with Crippen LogP contribution in [0.5, 0.6) is 0 Å². The van der Waals surface area contributed by atoms with Crippen LogP contribution in [0, 0.1) is 0 Å². The van der Waals surface area contributed by atoms with Crippen LogP contribution in [-0.4, -0.2) is 39.7 Å². The molecule has 6 heteroatoms. The van der Waals surface area contributed by atoms with E-state index in [4.69, 9.17) is 10.2 Å². The molecule has 1 atom stereocenters. The van der Waals surface area contributed by atoms with Gasteiger partial charge in [-0.3, -0.25) is 9.78 Å². The standard InChI is InChI=1S/C14H14N2O4/c17-11(14(19)20)6-8-16-13(18)10-5-1-3-9-4-2-7-15-12(9)10/h1-5,7,11,17H,6,8H2,(H,16,18)(H,19,20)/t11-/m0/s1. The molecule has 0 unspecified atom stereocenters. The van der Waals surface area contributed by atoms with Crippen molar-refractivity contribution in [2.75, 3.05) is 6.54 Å². The van der Waals surface area contributed by atoms with Crippen LogP contribution < -0.4 is 5.32 Å². The van der Waals surface area contributed by atoms with Crippen molar-refractivity contribution in [1.82, 2.24) is 10.3 Å². The highest BCUT2D eigenvalue weighted by Gasteiger charge is 2.14. The number of para-hydroxylation sites is 1. The fourth-order valence-electron chi connectivity index (χ4n) is 1.83. The van der Waals surface area contributed by atoms with Gasteiger partial charge in [-0.15, -0.1) is 0 Å². The zero-order chi connectivity index (χ0) is 14.5. The number of fused-ring (bicyclic) bond motifs is 1. The fraction of sp³-hybridized carbons (Fsp3) is 0.214. The number of aromatic nitrogens is 1. The highest BCUT2D eigenvalue weighted by molar-refractivity contribution is 6.05. The minimum absolute atomic E-state index is 0.0424. The molecule has 0 saturated heterocycles. The lowest BCUT2D eigenvalue weighted by Crippen LogP contribution is -2.30. The molecular weight excluding hydrogens is 260 g/mol. The number of aliphatic carboxylic acids is 1. The Labute approximate surface area is 115 Å². The molecule has 0 aliphatic rings. The molecule has 6 nitrogen and oxygen atoms in total. The molecule has 1 aromatic carbocycles. The topological polar surface area (TPSA) is 99.5 Å². The van der Waals surface area contributed by atoms with Crippen LogP contribution in [0.3, 0.4) is 0 Å². The average molecular weight is 274 g/mol. The van der Waals surface area contributed by atoms with Crippen molar-refractivity contribution in [3.63, 3.8) is 0 Å². The Bertz CT molecular complexity index is 637. The molecule has 1 heterocycles. The Kier molecular flexibility index (Phi) is 4.27. The minimum atomic E-state index is -1.47. The van der Waals surface area contributed by atoms with Gasteiger partial charge in [-0.2, -0.15) is 0 Å². The van der Waals surface area contributed by atoms with Gasteiger partial charge < -0.3 is 15.5 Å². The number of carbonyl (C=O) groups excluding carboxylic acids is 1. The number of aliphatic hydroxyl groups is 1. The van der Waals surface area contributed by atoms with E-state index in [1.54, 1.807) is 24.4 Å². The molecule has 1 aromatic heterocycles. The lowest BCUT2D eigenvalue weighted by atomic mass is 10.1. The summed E-state index contributed by atoms with van der Waals surface area (Å²) in [6.07, 6.45) is 0.0907. The number of carbonyl (C=O) groups is 2. The molecular formula is C14H14N2O4. The fourth-order valence-corrected chi connectivity index (χ4v) is 1.83. The van der Waals surface area contributed by atoms with Crippen LogP contribution in [0.4, 0.5) is 0 Å². The van der Waals surface area contributed by atoms with Crippen LogP contribution in [0.15, 0.2) is 36.5 Å². The quantitative estimate of drug-likeness (QED) is 0.749. The molecule has 0 aliphatic heterocycles. The summed E-state index contributed by atoms with van der Waals surface area (Å²) < 4.78 is 0. The SMILES string of the molecule is O=C(NCC[C@H](O)C(=O)O)c1cccc2cccnc12. The zero-order valence-corrected chi connectivity index (χ0v) is 10.6. The van der Waals surface area contributed by atoms with Crippen molar-refractivity contribution in [3.05, 3.63) is 42.1 Å². The van der Waals surface area contributed by atoms with Gasteiger partial charge in [0.1, 0.15) is 0 Å². The van der Waals surface area contributed by atoms with Crippen molar-refractivity contribution in [3.8, 4) is 0 Å². The molecule has 0 radical (unpaired) electrons. The van der Waals surface area contributed by atoms with E-state index in [-0.39, 0.29) is 18.9 Å². The van der Waals surface area contributed by atoms with Crippen LogP contribution in [0.1, 0.15) is 16.8 Å². The van der Waals surface area contributed by atoms with Crippen molar-refractivity contribution in [2.45, 2.75) is 12.5 Å². The molecule has 2 aromatic rings. The predicted molar refractivity (Wildman–Crippen MR) is 72.3 cm³/mol. The van der Waals surface area contributed by atoms with Gasteiger partial charge in [-0.1, -0.05) is 18.2 Å². The van der Waals surface area contributed by atoms with Gasteiger partial charge >= 0.3 is 5.97 Å². The third-order valence-corrected chi connectivity index (χ3v) is 2.87. The van der Waals surface area contributed by atoms with Gasteiger partial charge in [0.05, 0.1) is 11.1 Å². The summed E-state index contributed by atoms with van der Waals surface area (Å²) in [5, 5.41) is 21.1. The molecule has 0 spiro atoms. The number of carboxylic acids is 1. The van der Waals surface area contributed by atoms with Gasteiger partial charge in [0.25, 0.3) is 5.91 Å². The Hall–Kier alpha value is -2.47. The first-order chi connectivity index (χ1) is 9.59. The number of aliphatic hydroxyl groups excluding tert-OH is 1. The summed E-state index contributed by atoms with van der Waals surface area (Å²) in [4.78, 5) is 26.6. The normalized spacial score (nSPS) is 12.1. The molecule has 104 valence electrons. The summed E-state index contributed by atoms with van der Waals surface area (Å²) in [5.41, 5.74) is 1.01. The number of nitrogens with one attached hydrogen (secondary N) is 1. The van der Waals surface area contributed by atoms with E-state index < -0.39 is 12.1 Å². The highest BCUT2D eigenvalue weighted by Crippen LogP contribution is 2.15. The van der Waals surface area contributed by atoms with E-state index in [0.29, 0.717) is 11.1 Å². The van der Waals surface area contributed by atoms with E-state index >= 15 is 0 Å². The lowest BCUT2D eigenvalue weighted by Gasteiger charge is -2.08. The van der Waals surface area contributed by atoms with E-state index in [0.717, 1.165) is 5.39 Å². The predicted octanol–water partition coefficient (Wildman–Crippen LogP) is 0.800. The number of nitrogens with zero attached hydrogens (tertiary/aromatic N) is 1. The van der Waals surface area contributed by atoms with Crippen LogP contribution >= 0.6 is 0 Å². The van der Waals surface area contributed by atoms with Gasteiger partial charge in [-0.25, -0.2) is 4.79 Å². The third kappa shape index (κ3) is 3.10. The Morgan fingerprint density at radius 2 is 2.00 bits per heavy atom. The molecule has 0 aliphatic carbocycles. The largest absolute Gasteiger partial charge is 0.479 e. The molecule has 0 fully saturated rings. The number of hydrogen-bond donors (Lipinski definition) is 3. The van der Waals surface area contributed by atoms with Crippen LogP contribution in [-0.2, 0) is 4.79 Å². The van der Waals surface area contributed by atoms with Crippen molar-refractivity contribution >= 4 is 22.8 Å². The third-order valence-electron chi connectivity index (χ3n) is 2.87. The smallest absolute Gasteiger partial charge is 0.332 e. The van der Waals surface area contributed by atoms with Crippen molar-refractivity contribution in [2.24, 2.45) is 0 Å². The number of hydrogen-bond acceptors (Lipinski definition) is 4. The lowest BCUT2D eigenvalue weighted by molar-refractivity contribution is -0.146. The number of amides is 1. The highest BCUT2D eigenvalue weighted by atomic mass is 16.4. The zero-order valence-electron chi connectivity index (χ0n) is 10.6. The van der Waals surface area contributed by atoms with Crippen LogP contribution in [0.2, 0.25) is 0 Å². The number of carboxylic acid groups (broad SMARTS) is 1. The summed E-state index contributed by atoms with van der Waals surface area (Å²) in [7, 11) is 0. The van der Waals surface area contributed by atoms with Crippen molar-refractivity contribution in [1.29, 1.82) is 0 Å². The maximum absolute atomic E-state index is 12.0. The van der Waals surface area contributed by atoms with Gasteiger partial charge in [0.2, 0.25) is 0 Å². The first-order valence-electron chi connectivity index (χ1n) is 6.12. The molecule has 3 N–H and O–H groups in total. The summed E-state index contributed by atoms with van der Waals surface area (Å²) in [5.74, 6) is -1.64. The maximum Gasteiger partial charge on any atom is 0.332 e. The Morgan fingerprint density at radius 1 is 1.25 bits per heavy atom. The second-order valence-electron chi connectivity index (χ2n) is 4.28.